The Morgan fingerprint density at radius 1 is 1.24 bits per heavy atom. The molecule has 94 valence electrons. The average molecular weight is 235 g/mol. The molecule has 17 heavy (non-hydrogen) atoms. The maximum Gasteiger partial charge on any atom is 0.129 e. The topological polar surface area (TPSA) is 30.5 Å². The van der Waals surface area contributed by atoms with E-state index < -0.39 is 0 Å². The third-order valence-corrected chi connectivity index (χ3v) is 3.55. The van der Waals surface area contributed by atoms with Crippen molar-refractivity contribution in [3.63, 3.8) is 0 Å². The van der Waals surface area contributed by atoms with Crippen LogP contribution in [0.2, 0.25) is 0 Å². The molecule has 0 amide bonds. The molecule has 0 saturated heterocycles. The van der Waals surface area contributed by atoms with E-state index in [9.17, 15) is 0 Å². The van der Waals surface area contributed by atoms with E-state index in [0.29, 0.717) is 6.04 Å². The minimum atomic E-state index is 0.696. The Morgan fingerprint density at radius 3 is 2.53 bits per heavy atom. The lowest BCUT2D eigenvalue weighted by atomic mass is 9.93. The van der Waals surface area contributed by atoms with Crippen LogP contribution in [0.15, 0.2) is 12.1 Å². The summed E-state index contributed by atoms with van der Waals surface area (Å²) in [5, 5.41) is 3.55. The van der Waals surface area contributed by atoms with Crippen LogP contribution in [0.1, 0.15) is 30.4 Å². The van der Waals surface area contributed by atoms with Gasteiger partial charge in [-0.2, -0.15) is 0 Å². The molecular weight excluding hydrogens is 214 g/mol. The van der Waals surface area contributed by atoms with Gasteiger partial charge in [0, 0.05) is 23.7 Å². The molecular formula is C14H21NO2. The molecule has 0 heterocycles. The van der Waals surface area contributed by atoms with E-state index in [1.165, 1.54) is 24.8 Å². The number of benzene rings is 1. The van der Waals surface area contributed by atoms with E-state index in [-0.39, 0.29) is 0 Å². The second-order valence-electron chi connectivity index (χ2n) is 4.59. The predicted octanol–water partition coefficient (Wildman–Crippen LogP) is 2.65. The molecule has 3 nitrogen and oxygen atoms in total. The first kappa shape index (κ1) is 12.2. The summed E-state index contributed by atoms with van der Waals surface area (Å²) in [5.74, 6) is 1.82. The van der Waals surface area contributed by atoms with Gasteiger partial charge < -0.3 is 14.8 Å². The van der Waals surface area contributed by atoms with Gasteiger partial charge in [0.15, 0.2) is 0 Å². The van der Waals surface area contributed by atoms with E-state index in [1.54, 1.807) is 14.2 Å². The fourth-order valence-corrected chi connectivity index (χ4v) is 2.24. The molecule has 0 radical (unpaired) electrons. The normalized spacial score (nSPS) is 15.5. The van der Waals surface area contributed by atoms with Crippen LogP contribution in [0.5, 0.6) is 11.5 Å². The van der Waals surface area contributed by atoms with E-state index in [2.05, 4.69) is 11.4 Å². The quantitative estimate of drug-likeness (QED) is 0.851. The monoisotopic (exact) mass is 235 g/mol. The van der Waals surface area contributed by atoms with Crippen LogP contribution in [-0.4, -0.2) is 20.3 Å². The van der Waals surface area contributed by atoms with Crippen LogP contribution < -0.4 is 14.8 Å². The van der Waals surface area contributed by atoms with Crippen molar-refractivity contribution in [1.82, 2.24) is 5.32 Å². The Bertz CT molecular complexity index is 386. The summed E-state index contributed by atoms with van der Waals surface area (Å²) in [4.78, 5) is 0. The predicted molar refractivity (Wildman–Crippen MR) is 68.8 cm³/mol. The van der Waals surface area contributed by atoms with Gasteiger partial charge in [-0.15, -0.1) is 0 Å². The zero-order valence-corrected chi connectivity index (χ0v) is 10.9. The van der Waals surface area contributed by atoms with Gasteiger partial charge in [-0.1, -0.05) is 12.5 Å². The van der Waals surface area contributed by atoms with Gasteiger partial charge >= 0.3 is 0 Å². The fraction of sp³-hybridized carbons (Fsp3) is 0.571. The first-order valence-electron chi connectivity index (χ1n) is 6.20. The largest absolute Gasteiger partial charge is 0.496 e. The SMILES string of the molecule is COc1ccc(CNC2CCC2)c(OC)c1C. The summed E-state index contributed by atoms with van der Waals surface area (Å²) in [6.45, 7) is 2.91. The van der Waals surface area contributed by atoms with E-state index >= 15 is 0 Å². The molecule has 0 unspecified atom stereocenters. The van der Waals surface area contributed by atoms with E-state index in [1.807, 2.05) is 13.0 Å². The molecule has 1 aliphatic rings. The van der Waals surface area contributed by atoms with Crippen molar-refractivity contribution >= 4 is 0 Å². The number of nitrogens with one attached hydrogen (secondary N) is 1. The van der Waals surface area contributed by atoms with Crippen molar-refractivity contribution in [2.45, 2.75) is 38.8 Å². The van der Waals surface area contributed by atoms with Gasteiger partial charge in [0.1, 0.15) is 11.5 Å². The van der Waals surface area contributed by atoms with Crippen LogP contribution in [0.4, 0.5) is 0 Å². The summed E-state index contributed by atoms with van der Waals surface area (Å²) in [6.07, 6.45) is 3.96. The zero-order chi connectivity index (χ0) is 12.3. The van der Waals surface area contributed by atoms with Gasteiger partial charge in [-0.3, -0.25) is 0 Å². The summed E-state index contributed by atoms with van der Waals surface area (Å²) < 4.78 is 10.8. The lowest BCUT2D eigenvalue weighted by molar-refractivity contribution is 0.333. The Kier molecular flexibility index (Phi) is 3.89. The van der Waals surface area contributed by atoms with Crippen LogP contribution in [0, 0.1) is 6.92 Å². The Hall–Kier alpha value is -1.22. The lowest BCUT2D eigenvalue weighted by Gasteiger charge is -2.27. The maximum absolute atomic E-state index is 5.48. The van der Waals surface area contributed by atoms with Crippen molar-refractivity contribution in [3.05, 3.63) is 23.3 Å². The molecule has 0 atom stereocenters. The van der Waals surface area contributed by atoms with Gasteiger partial charge in [0.2, 0.25) is 0 Å². The van der Waals surface area contributed by atoms with E-state index in [4.69, 9.17) is 9.47 Å². The van der Waals surface area contributed by atoms with Crippen molar-refractivity contribution in [2.24, 2.45) is 0 Å². The lowest BCUT2D eigenvalue weighted by Crippen LogP contribution is -2.34. The Labute approximate surface area is 103 Å². The van der Waals surface area contributed by atoms with Gasteiger partial charge in [0.25, 0.3) is 0 Å². The molecule has 3 heteroatoms. The molecule has 1 N–H and O–H groups in total. The number of hydrogen-bond acceptors (Lipinski definition) is 3. The first-order valence-corrected chi connectivity index (χ1v) is 6.20. The zero-order valence-electron chi connectivity index (χ0n) is 10.9. The van der Waals surface area contributed by atoms with Gasteiger partial charge in [-0.25, -0.2) is 0 Å². The van der Waals surface area contributed by atoms with Crippen LogP contribution in [-0.2, 0) is 6.54 Å². The summed E-state index contributed by atoms with van der Waals surface area (Å²) >= 11 is 0. The highest BCUT2D eigenvalue weighted by Gasteiger charge is 2.18. The molecule has 1 aliphatic carbocycles. The molecule has 2 rings (SSSR count). The number of methoxy groups -OCH3 is 2. The van der Waals surface area contributed by atoms with Gasteiger partial charge in [0.05, 0.1) is 14.2 Å². The van der Waals surface area contributed by atoms with Crippen molar-refractivity contribution < 1.29 is 9.47 Å². The highest BCUT2D eigenvalue weighted by Crippen LogP contribution is 2.31. The molecule has 0 spiro atoms. The minimum absolute atomic E-state index is 0.696. The average Bonchev–Trinajstić information content (AvgIpc) is 2.27. The number of rotatable bonds is 5. The minimum Gasteiger partial charge on any atom is -0.496 e. The third-order valence-electron chi connectivity index (χ3n) is 3.55. The van der Waals surface area contributed by atoms with Gasteiger partial charge in [-0.05, 0) is 25.8 Å². The molecule has 1 fully saturated rings. The van der Waals surface area contributed by atoms with Crippen LogP contribution in [0.25, 0.3) is 0 Å². The molecule has 0 aromatic heterocycles. The van der Waals surface area contributed by atoms with Crippen LogP contribution in [0.3, 0.4) is 0 Å². The van der Waals surface area contributed by atoms with Crippen molar-refractivity contribution in [3.8, 4) is 11.5 Å². The van der Waals surface area contributed by atoms with Crippen molar-refractivity contribution in [2.75, 3.05) is 14.2 Å². The third kappa shape index (κ3) is 2.55. The molecule has 1 aromatic rings. The molecule has 1 saturated carbocycles. The second kappa shape index (κ2) is 5.41. The standard InChI is InChI=1S/C14H21NO2/c1-10-13(16-2)8-7-11(14(10)17-3)9-15-12-5-4-6-12/h7-8,12,15H,4-6,9H2,1-3H3. The van der Waals surface area contributed by atoms with E-state index in [0.717, 1.165) is 23.6 Å². The summed E-state index contributed by atoms with van der Waals surface area (Å²) in [7, 11) is 3.41. The Morgan fingerprint density at radius 2 is 2.00 bits per heavy atom. The fourth-order valence-electron chi connectivity index (χ4n) is 2.24. The van der Waals surface area contributed by atoms with Crippen LogP contribution >= 0.6 is 0 Å². The highest BCUT2D eigenvalue weighted by molar-refractivity contribution is 5.49. The molecule has 1 aromatic carbocycles. The smallest absolute Gasteiger partial charge is 0.129 e. The highest BCUT2D eigenvalue weighted by atomic mass is 16.5. The number of ether oxygens (including phenoxy) is 2. The molecule has 0 bridgehead atoms. The molecule has 0 aliphatic heterocycles. The second-order valence-corrected chi connectivity index (χ2v) is 4.59. The summed E-state index contributed by atoms with van der Waals surface area (Å²) in [5.41, 5.74) is 2.28. The maximum atomic E-state index is 5.48. The first-order chi connectivity index (χ1) is 8.26. The van der Waals surface area contributed by atoms with Crippen molar-refractivity contribution in [1.29, 1.82) is 0 Å². The summed E-state index contributed by atoms with van der Waals surface area (Å²) in [6, 6.07) is 4.79. The number of hydrogen-bond donors (Lipinski definition) is 1. The Balaban J connectivity index is 2.11.